The lowest BCUT2D eigenvalue weighted by molar-refractivity contribution is -0.130. The van der Waals surface area contributed by atoms with Crippen molar-refractivity contribution in [3.05, 3.63) is 80.7 Å². The van der Waals surface area contributed by atoms with Crippen LogP contribution < -0.4 is 15.8 Å². The van der Waals surface area contributed by atoms with Gasteiger partial charge in [-0.15, -0.1) is 0 Å². The Balaban J connectivity index is 1.34. The van der Waals surface area contributed by atoms with Crippen LogP contribution in [0.15, 0.2) is 63.9 Å². The van der Waals surface area contributed by atoms with Gasteiger partial charge in [-0.1, -0.05) is 30.3 Å². The zero-order valence-electron chi connectivity index (χ0n) is 20.5. The van der Waals surface area contributed by atoms with E-state index >= 15 is 0 Å². The average molecular weight is 538 g/mol. The van der Waals surface area contributed by atoms with E-state index in [-0.39, 0.29) is 22.8 Å². The zero-order valence-corrected chi connectivity index (χ0v) is 22.1. The number of aromatic nitrogens is 2. The monoisotopic (exact) mass is 537 g/mol. The topological polar surface area (TPSA) is 62.5 Å². The second-order valence-corrected chi connectivity index (χ2v) is 10.7. The fourth-order valence-electron chi connectivity index (χ4n) is 5.71. The number of benzene rings is 2. The van der Waals surface area contributed by atoms with E-state index in [0.717, 1.165) is 43.0 Å². The molecule has 0 aliphatic carbocycles. The maximum absolute atomic E-state index is 13.1. The van der Waals surface area contributed by atoms with Crippen LogP contribution in [0.3, 0.4) is 0 Å². The molecular formula is C27H32BrN5O2. The normalized spacial score (nSPS) is 19.8. The summed E-state index contributed by atoms with van der Waals surface area (Å²) in [6.07, 6.45) is 1.62. The van der Waals surface area contributed by atoms with E-state index in [9.17, 15) is 9.59 Å². The Morgan fingerprint density at radius 2 is 1.69 bits per heavy atom. The van der Waals surface area contributed by atoms with Crippen LogP contribution in [0.2, 0.25) is 0 Å². The molecule has 184 valence electrons. The number of nitrogens with zero attached hydrogens (tertiary/aromatic N) is 4. The number of piperidine rings is 1. The molecule has 2 aliphatic rings. The summed E-state index contributed by atoms with van der Waals surface area (Å²) in [7, 11) is 6.00. The van der Waals surface area contributed by atoms with Gasteiger partial charge in [0.25, 0.3) is 5.56 Å². The van der Waals surface area contributed by atoms with Crippen molar-refractivity contribution in [3.63, 3.8) is 0 Å². The van der Waals surface area contributed by atoms with Gasteiger partial charge in [-0.2, -0.15) is 0 Å². The number of halogens is 1. The van der Waals surface area contributed by atoms with Gasteiger partial charge in [-0.25, -0.2) is 4.68 Å². The predicted molar refractivity (Wildman–Crippen MR) is 142 cm³/mol. The van der Waals surface area contributed by atoms with Crippen molar-refractivity contribution in [2.45, 2.75) is 25.3 Å². The number of rotatable bonds is 5. The number of para-hydroxylation sites is 1. The van der Waals surface area contributed by atoms with Crippen LogP contribution in [-0.2, 0) is 18.4 Å². The van der Waals surface area contributed by atoms with Crippen molar-refractivity contribution >= 4 is 27.5 Å². The van der Waals surface area contributed by atoms with Crippen LogP contribution >= 0.6 is 15.9 Å². The van der Waals surface area contributed by atoms with Crippen molar-refractivity contribution in [2.24, 2.45) is 12.5 Å². The summed E-state index contributed by atoms with van der Waals surface area (Å²) in [5.41, 5.74) is 3.76. The van der Waals surface area contributed by atoms with Crippen molar-refractivity contribution in [1.29, 1.82) is 0 Å². The maximum Gasteiger partial charge on any atom is 0.286 e. The van der Waals surface area contributed by atoms with Gasteiger partial charge in [-0.3, -0.25) is 19.2 Å². The van der Waals surface area contributed by atoms with Crippen LogP contribution in [0.4, 0.5) is 5.69 Å². The van der Waals surface area contributed by atoms with E-state index in [2.05, 4.69) is 55.3 Å². The lowest BCUT2D eigenvalue weighted by atomic mass is 9.68. The Labute approximate surface area is 214 Å². The van der Waals surface area contributed by atoms with Gasteiger partial charge in [0.1, 0.15) is 4.47 Å². The highest BCUT2D eigenvalue weighted by molar-refractivity contribution is 9.10. The molecule has 2 aromatic carbocycles. The van der Waals surface area contributed by atoms with Gasteiger partial charge in [0.05, 0.1) is 16.8 Å². The van der Waals surface area contributed by atoms with Gasteiger partial charge in [-0.05, 0) is 71.7 Å². The molecule has 1 aromatic heterocycles. The highest BCUT2D eigenvalue weighted by Crippen LogP contribution is 2.48. The molecule has 3 heterocycles. The Morgan fingerprint density at radius 3 is 2.31 bits per heavy atom. The molecule has 0 bridgehead atoms. The summed E-state index contributed by atoms with van der Waals surface area (Å²) in [5.74, 6) is 0.367. The number of amides is 1. The number of hydrogen-bond acceptors (Lipinski definition) is 4. The van der Waals surface area contributed by atoms with Crippen molar-refractivity contribution in [1.82, 2.24) is 19.6 Å². The van der Waals surface area contributed by atoms with Gasteiger partial charge < -0.3 is 10.2 Å². The number of anilines is 1. The van der Waals surface area contributed by atoms with Crippen molar-refractivity contribution in [3.8, 4) is 5.69 Å². The number of nitrogens with one attached hydrogen (secondary N) is 1. The second kappa shape index (κ2) is 9.32. The van der Waals surface area contributed by atoms with E-state index in [1.54, 1.807) is 4.68 Å². The van der Waals surface area contributed by atoms with Crippen molar-refractivity contribution in [2.75, 3.05) is 38.6 Å². The van der Waals surface area contributed by atoms with Crippen LogP contribution in [0, 0.1) is 5.41 Å². The van der Waals surface area contributed by atoms with Crippen LogP contribution in [-0.4, -0.2) is 53.9 Å². The fourth-order valence-corrected chi connectivity index (χ4v) is 6.26. The minimum absolute atomic E-state index is 0.0569. The average Bonchev–Trinajstić information content (AvgIpc) is 3.29. The summed E-state index contributed by atoms with van der Waals surface area (Å²) in [5, 5.41) is 3.15. The first kappa shape index (κ1) is 23.9. The zero-order chi connectivity index (χ0) is 24.7. The summed E-state index contributed by atoms with van der Waals surface area (Å²) < 4.78 is 4.23. The van der Waals surface area contributed by atoms with E-state index in [1.807, 2.05) is 56.2 Å². The van der Waals surface area contributed by atoms with Crippen LogP contribution in [0.1, 0.15) is 30.0 Å². The number of likely N-dealkylation sites (tertiary alicyclic amines) is 1. The lowest BCUT2D eigenvalue weighted by Gasteiger charge is -2.41. The Bertz CT molecular complexity index is 1270. The van der Waals surface area contributed by atoms with Gasteiger partial charge >= 0.3 is 0 Å². The Kier molecular flexibility index (Phi) is 6.36. The molecule has 1 N–H and O–H groups in total. The second-order valence-electron chi connectivity index (χ2n) is 9.92. The molecule has 3 aromatic rings. The molecule has 0 radical (unpaired) electrons. The first-order valence-corrected chi connectivity index (χ1v) is 12.9. The minimum atomic E-state index is -0.366. The molecule has 0 saturated carbocycles. The summed E-state index contributed by atoms with van der Waals surface area (Å²) in [6, 6.07) is 18.3. The van der Waals surface area contributed by atoms with Crippen LogP contribution in [0.5, 0.6) is 0 Å². The van der Waals surface area contributed by atoms with Crippen LogP contribution in [0.25, 0.3) is 5.69 Å². The maximum atomic E-state index is 13.1. The fraction of sp³-hybridized carbons (Fsp3) is 0.407. The largest absolute Gasteiger partial charge is 0.378 e. The standard InChI is InChI=1S/C27H32BrN5O2/c1-30(2)20-11-9-19(10-12-20)22-17-29-26(35)27(22)13-15-32(16-14-27)18-23-24(28)25(34)33(31(23)3)21-7-5-4-6-8-21/h4-12,22H,13-18H2,1-3H3,(H,29,35). The summed E-state index contributed by atoms with van der Waals surface area (Å²) in [6.45, 7) is 2.99. The highest BCUT2D eigenvalue weighted by Gasteiger charge is 2.52. The molecule has 35 heavy (non-hydrogen) atoms. The molecule has 2 fully saturated rings. The van der Waals surface area contributed by atoms with Crippen molar-refractivity contribution < 1.29 is 4.79 Å². The number of carbonyl (C=O) groups is 1. The molecule has 1 atom stereocenters. The molecule has 7 nitrogen and oxygen atoms in total. The third-order valence-electron chi connectivity index (χ3n) is 7.84. The molecule has 1 spiro atoms. The highest BCUT2D eigenvalue weighted by atomic mass is 79.9. The lowest BCUT2D eigenvalue weighted by Crippen LogP contribution is -2.45. The number of carbonyl (C=O) groups excluding carboxylic acids is 1. The smallest absolute Gasteiger partial charge is 0.286 e. The molecule has 5 rings (SSSR count). The molecule has 1 amide bonds. The van der Waals surface area contributed by atoms with E-state index in [4.69, 9.17) is 0 Å². The first-order chi connectivity index (χ1) is 16.8. The SMILES string of the molecule is CN(C)c1ccc(C2CNC(=O)C23CCN(Cc2c(Br)c(=O)n(-c4ccccc4)n2C)CC3)cc1. The minimum Gasteiger partial charge on any atom is -0.378 e. The molecule has 1 unspecified atom stereocenters. The quantitative estimate of drug-likeness (QED) is 0.541. The molecule has 2 aliphatic heterocycles. The van der Waals surface area contributed by atoms with E-state index < -0.39 is 0 Å². The molecular weight excluding hydrogens is 506 g/mol. The third-order valence-corrected chi connectivity index (χ3v) is 8.64. The Morgan fingerprint density at radius 1 is 1.03 bits per heavy atom. The Hall–Kier alpha value is -2.84. The first-order valence-electron chi connectivity index (χ1n) is 12.1. The van der Waals surface area contributed by atoms with Gasteiger partial charge in [0.2, 0.25) is 5.91 Å². The molecule has 2 saturated heterocycles. The van der Waals surface area contributed by atoms with Gasteiger partial charge in [0.15, 0.2) is 0 Å². The summed E-state index contributed by atoms with van der Waals surface area (Å²) >= 11 is 3.55. The van der Waals surface area contributed by atoms with E-state index in [1.165, 1.54) is 5.56 Å². The predicted octanol–water partition coefficient (Wildman–Crippen LogP) is 3.50. The summed E-state index contributed by atoms with van der Waals surface area (Å²) in [4.78, 5) is 30.5. The van der Waals surface area contributed by atoms with Gasteiger partial charge in [0, 0.05) is 45.8 Å². The third kappa shape index (κ3) is 4.12. The van der Waals surface area contributed by atoms with E-state index in [0.29, 0.717) is 17.6 Å². The molecule has 8 heteroatoms. The number of hydrogen-bond donors (Lipinski definition) is 1.